The number of rotatable bonds is 11. The van der Waals surface area contributed by atoms with Crippen LogP contribution in [0.25, 0.3) is 0 Å². The van der Waals surface area contributed by atoms with Gasteiger partial charge in [-0.15, -0.1) is 23.5 Å². The van der Waals surface area contributed by atoms with Crippen molar-refractivity contribution in [1.29, 1.82) is 0 Å². The van der Waals surface area contributed by atoms with Gasteiger partial charge in [-0.2, -0.15) is 0 Å². The molecule has 2 aromatic heterocycles. The number of nitrogens with zero attached hydrogens (tertiary/aromatic N) is 2. The van der Waals surface area contributed by atoms with Gasteiger partial charge in [-0.3, -0.25) is 0 Å². The van der Waals surface area contributed by atoms with Gasteiger partial charge in [0.1, 0.15) is 34.3 Å². The molecule has 0 spiro atoms. The number of esters is 1. The van der Waals surface area contributed by atoms with Gasteiger partial charge < -0.3 is 19.3 Å². The van der Waals surface area contributed by atoms with Crippen LogP contribution in [-0.2, 0) is 4.74 Å². The van der Waals surface area contributed by atoms with Crippen molar-refractivity contribution in [3.63, 3.8) is 0 Å². The van der Waals surface area contributed by atoms with E-state index in [4.69, 9.17) is 19.3 Å². The van der Waals surface area contributed by atoms with Gasteiger partial charge in [0.05, 0.1) is 19.0 Å². The number of carbonyl (C=O) groups excluding carboxylic acids is 1. The minimum atomic E-state index is -1.29. The van der Waals surface area contributed by atoms with Crippen molar-refractivity contribution in [2.24, 2.45) is 0 Å². The lowest BCUT2D eigenvalue weighted by Crippen LogP contribution is -2.08. The third kappa shape index (κ3) is 9.74. The molecule has 8 nitrogen and oxygen atoms in total. The second kappa shape index (κ2) is 16.3. The molecule has 1 N–H and O–H groups in total. The Morgan fingerprint density at radius 3 is 1.69 bits per heavy atom. The fourth-order valence-electron chi connectivity index (χ4n) is 3.34. The summed E-state index contributed by atoms with van der Waals surface area (Å²) in [4.78, 5) is 32.5. The van der Waals surface area contributed by atoms with Crippen LogP contribution in [0.3, 0.4) is 0 Å². The number of halogens is 2. The standard InChI is InChI=1S/C16H16FNO3S.C14H12FNO3S/c1-3-20-16(19)14-8-11(17)10-18-15(14)21-12-6-5-7-13(9-12)22-4-2;1-2-20-11-5-3-4-10(7-11)19-13-12(14(17)18)6-9(15)8-16-13/h5-10H,3-4H2,1-2H3;3-8H,2H2,1H3,(H,17,18). The van der Waals surface area contributed by atoms with E-state index in [1.54, 1.807) is 54.7 Å². The van der Waals surface area contributed by atoms with E-state index in [1.165, 1.54) is 0 Å². The molecule has 0 bridgehead atoms. The lowest BCUT2D eigenvalue weighted by molar-refractivity contribution is 0.0521. The molecule has 2 heterocycles. The highest BCUT2D eigenvalue weighted by atomic mass is 32.2. The number of aromatic nitrogens is 2. The lowest BCUT2D eigenvalue weighted by atomic mass is 10.2. The predicted molar refractivity (Wildman–Crippen MR) is 157 cm³/mol. The zero-order chi connectivity index (χ0) is 30.5. The molecule has 0 amide bonds. The van der Waals surface area contributed by atoms with E-state index in [0.717, 1.165) is 45.8 Å². The first-order valence-corrected chi connectivity index (χ1v) is 14.7. The van der Waals surface area contributed by atoms with Crippen LogP contribution in [0.2, 0.25) is 0 Å². The van der Waals surface area contributed by atoms with Crippen molar-refractivity contribution in [2.45, 2.75) is 30.6 Å². The van der Waals surface area contributed by atoms with Crippen LogP contribution in [0.5, 0.6) is 23.3 Å². The molecule has 0 saturated carbocycles. The van der Waals surface area contributed by atoms with Gasteiger partial charge >= 0.3 is 11.9 Å². The summed E-state index contributed by atoms with van der Waals surface area (Å²) in [7, 11) is 0. The Kier molecular flexibility index (Phi) is 12.6. The molecule has 0 aliphatic heterocycles. The Hall–Kier alpha value is -4.16. The monoisotopic (exact) mass is 614 g/mol. The molecule has 0 atom stereocenters. The minimum absolute atomic E-state index is 0.0264. The number of carbonyl (C=O) groups is 2. The Morgan fingerprint density at radius 1 is 0.762 bits per heavy atom. The van der Waals surface area contributed by atoms with Gasteiger partial charge in [0.15, 0.2) is 0 Å². The molecule has 0 aliphatic carbocycles. The molecule has 4 aromatic rings. The van der Waals surface area contributed by atoms with Gasteiger partial charge in [0.2, 0.25) is 11.8 Å². The minimum Gasteiger partial charge on any atom is -0.477 e. The normalized spacial score (nSPS) is 10.3. The number of carboxylic acids is 1. The summed E-state index contributed by atoms with van der Waals surface area (Å²) in [6, 6.07) is 16.6. The van der Waals surface area contributed by atoms with E-state index in [9.17, 15) is 18.4 Å². The van der Waals surface area contributed by atoms with Crippen molar-refractivity contribution in [2.75, 3.05) is 18.1 Å². The van der Waals surface area contributed by atoms with Crippen LogP contribution in [0.4, 0.5) is 8.78 Å². The topological polar surface area (TPSA) is 108 Å². The number of pyridine rings is 2. The Labute approximate surface area is 250 Å². The molecule has 220 valence electrons. The number of hydrogen-bond donors (Lipinski definition) is 1. The van der Waals surface area contributed by atoms with Crippen molar-refractivity contribution in [1.82, 2.24) is 9.97 Å². The molecule has 0 saturated heterocycles. The summed E-state index contributed by atoms with van der Waals surface area (Å²) < 4.78 is 42.3. The number of hydrogen-bond acceptors (Lipinski definition) is 9. The van der Waals surface area contributed by atoms with Crippen molar-refractivity contribution in [3.8, 4) is 23.3 Å². The average molecular weight is 615 g/mol. The Bertz CT molecular complexity index is 1520. The maximum absolute atomic E-state index is 13.3. The first kappa shape index (κ1) is 32.4. The predicted octanol–water partition coefficient (Wildman–Crippen LogP) is 8.12. The van der Waals surface area contributed by atoms with Gasteiger partial charge in [0.25, 0.3) is 0 Å². The Morgan fingerprint density at radius 2 is 1.24 bits per heavy atom. The van der Waals surface area contributed by atoms with Crippen molar-refractivity contribution < 1.29 is 37.7 Å². The average Bonchev–Trinajstić information content (AvgIpc) is 2.96. The fourth-order valence-corrected chi connectivity index (χ4v) is 4.75. The van der Waals surface area contributed by atoms with Crippen LogP contribution in [0.1, 0.15) is 41.5 Å². The zero-order valence-electron chi connectivity index (χ0n) is 23.0. The largest absolute Gasteiger partial charge is 0.477 e. The summed E-state index contributed by atoms with van der Waals surface area (Å²) in [5.41, 5.74) is -0.339. The molecular weight excluding hydrogens is 586 g/mol. The molecule has 0 unspecified atom stereocenters. The van der Waals surface area contributed by atoms with Gasteiger partial charge in [-0.25, -0.2) is 28.3 Å². The zero-order valence-corrected chi connectivity index (χ0v) is 24.6. The van der Waals surface area contributed by atoms with Crippen molar-refractivity contribution in [3.05, 3.63) is 95.8 Å². The summed E-state index contributed by atoms with van der Waals surface area (Å²) in [5.74, 6) is -0.542. The first-order valence-electron chi connectivity index (χ1n) is 12.8. The van der Waals surface area contributed by atoms with Crippen molar-refractivity contribution >= 4 is 35.5 Å². The van der Waals surface area contributed by atoms with E-state index in [2.05, 4.69) is 16.9 Å². The molecule has 0 fully saturated rings. The first-order chi connectivity index (χ1) is 20.2. The van der Waals surface area contributed by atoms with Crippen LogP contribution in [-0.4, -0.2) is 45.1 Å². The van der Waals surface area contributed by atoms with Crippen LogP contribution >= 0.6 is 23.5 Å². The second-order valence-electron chi connectivity index (χ2n) is 8.06. The van der Waals surface area contributed by atoms with Crippen LogP contribution < -0.4 is 9.47 Å². The lowest BCUT2D eigenvalue weighted by Gasteiger charge is -2.10. The molecule has 0 aliphatic rings. The third-order valence-corrected chi connectivity index (χ3v) is 6.78. The molecule has 42 heavy (non-hydrogen) atoms. The van der Waals surface area contributed by atoms with E-state index in [-0.39, 0.29) is 29.5 Å². The maximum atomic E-state index is 13.3. The summed E-state index contributed by atoms with van der Waals surface area (Å²) in [6.07, 6.45) is 1.93. The smallest absolute Gasteiger partial charge is 0.343 e. The quantitative estimate of drug-likeness (QED) is 0.131. The highest BCUT2D eigenvalue weighted by Crippen LogP contribution is 2.29. The summed E-state index contributed by atoms with van der Waals surface area (Å²) >= 11 is 3.31. The highest BCUT2D eigenvalue weighted by Gasteiger charge is 2.18. The summed E-state index contributed by atoms with van der Waals surface area (Å²) in [6.45, 7) is 5.95. The third-order valence-electron chi connectivity index (χ3n) is 5.02. The van der Waals surface area contributed by atoms with Crippen LogP contribution in [0, 0.1) is 11.6 Å². The number of thioether (sulfide) groups is 2. The number of carboxylic acid groups (broad SMARTS) is 1. The van der Waals surface area contributed by atoms with Crippen LogP contribution in [0.15, 0.2) is 82.8 Å². The number of benzene rings is 2. The van der Waals surface area contributed by atoms with E-state index < -0.39 is 23.6 Å². The maximum Gasteiger partial charge on any atom is 0.343 e. The fraction of sp³-hybridized carbons (Fsp3) is 0.200. The molecule has 0 radical (unpaired) electrons. The molecule has 4 rings (SSSR count). The molecule has 12 heteroatoms. The van der Waals surface area contributed by atoms with E-state index >= 15 is 0 Å². The number of aromatic carboxylic acids is 1. The second-order valence-corrected chi connectivity index (χ2v) is 10.7. The summed E-state index contributed by atoms with van der Waals surface area (Å²) in [5, 5.41) is 9.02. The SMILES string of the molecule is CCOC(=O)c1cc(F)cnc1Oc1cccc(SCC)c1.CCSc1cccc(Oc2ncc(F)cc2C(=O)O)c1. The van der Waals surface area contributed by atoms with Gasteiger partial charge in [-0.1, -0.05) is 26.0 Å². The highest BCUT2D eigenvalue weighted by molar-refractivity contribution is 7.99. The van der Waals surface area contributed by atoms with Gasteiger partial charge in [-0.05, 0) is 67.0 Å². The Balaban J connectivity index is 0.000000231. The molecular formula is C30H28F2N2O6S2. The molecule has 2 aromatic carbocycles. The van der Waals surface area contributed by atoms with E-state index in [0.29, 0.717) is 11.5 Å². The van der Waals surface area contributed by atoms with Gasteiger partial charge in [0, 0.05) is 9.79 Å². The number of ether oxygens (including phenoxy) is 3. The van der Waals surface area contributed by atoms with E-state index in [1.807, 2.05) is 31.2 Å².